The lowest BCUT2D eigenvalue weighted by atomic mass is 10.4. The Hall–Kier alpha value is 0.307. The molecule has 0 N–H and O–H groups in total. The first-order chi connectivity index (χ1) is 5.13. The molecule has 0 radical (unpaired) electrons. The van der Waals surface area contributed by atoms with Gasteiger partial charge in [-0.25, -0.2) is 0 Å². The normalized spacial score (nSPS) is 9.09. The summed E-state index contributed by atoms with van der Waals surface area (Å²) in [5, 5.41) is 0.794. The van der Waals surface area contributed by atoms with Crippen molar-refractivity contribution in [3.05, 3.63) is 35.4 Å². The fourth-order valence-corrected chi connectivity index (χ4v) is 0.560. The Morgan fingerprint density at radius 2 is 1.45 bits per heavy atom. The molecule has 0 aliphatic heterocycles. The highest BCUT2D eigenvalue weighted by Gasteiger charge is 1.75. The topological polar surface area (TPSA) is 0 Å². The second-order valence-electron chi connectivity index (χ2n) is 1.81. The van der Waals surface area contributed by atoms with E-state index in [1.807, 2.05) is 30.3 Å². The third-order valence-corrected chi connectivity index (χ3v) is 0.985. The van der Waals surface area contributed by atoms with E-state index in [1.165, 1.54) is 0 Å². The lowest BCUT2D eigenvalue weighted by molar-refractivity contribution is 1.71. The zero-order chi connectivity index (χ0) is 8.69. The molecule has 0 aromatic heterocycles. The van der Waals surface area contributed by atoms with Crippen LogP contribution in [-0.4, -0.2) is 14.7 Å². The SMILES string of the molecule is Clc1ccccc1.[SiH3]C(Cl)Cl. The van der Waals surface area contributed by atoms with E-state index in [0.717, 1.165) is 15.3 Å². The summed E-state index contributed by atoms with van der Waals surface area (Å²) in [5.74, 6) is 0. The first kappa shape index (κ1) is 11.3. The molecule has 0 heterocycles. The van der Waals surface area contributed by atoms with Gasteiger partial charge in [0.2, 0.25) is 0 Å². The van der Waals surface area contributed by atoms with Crippen LogP contribution < -0.4 is 0 Å². The van der Waals surface area contributed by atoms with E-state index in [1.54, 1.807) is 0 Å². The molecule has 1 rings (SSSR count). The maximum atomic E-state index is 5.54. The Kier molecular flexibility index (Phi) is 7.18. The number of rotatable bonds is 0. The van der Waals surface area contributed by atoms with Crippen molar-refractivity contribution in [2.75, 3.05) is 0 Å². The minimum Gasteiger partial charge on any atom is -0.111 e. The van der Waals surface area contributed by atoms with Gasteiger partial charge in [-0.2, -0.15) is 0 Å². The molecule has 0 nitrogen and oxygen atoms in total. The van der Waals surface area contributed by atoms with Gasteiger partial charge in [0.25, 0.3) is 0 Å². The fraction of sp³-hybridized carbons (Fsp3) is 0.143. The van der Waals surface area contributed by atoms with E-state index < -0.39 is 0 Å². The molecule has 0 unspecified atom stereocenters. The predicted octanol–water partition coefficient (Wildman–Crippen LogP) is 2.45. The molecule has 1 aromatic rings. The Morgan fingerprint density at radius 3 is 1.64 bits per heavy atom. The van der Waals surface area contributed by atoms with Gasteiger partial charge in [0.1, 0.15) is 0 Å². The van der Waals surface area contributed by atoms with E-state index in [9.17, 15) is 0 Å². The third-order valence-electron chi connectivity index (χ3n) is 0.733. The molecule has 0 bridgehead atoms. The van der Waals surface area contributed by atoms with Crippen molar-refractivity contribution in [3.63, 3.8) is 0 Å². The molecular weight excluding hydrogens is 219 g/mol. The molecule has 11 heavy (non-hydrogen) atoms. The molecule has 0 amide bonds. The second-order valence-corrected chi connectivity index (χ2v) is 6.40. The average Bonchev–Trinajstić information content (AvgIpc) is 1.87. The van der Waals surface area contributed by atoms with E-state index in [4.69, 9.17) is 34.8 Å². The summed E-state index contributed by atoms with van der Waals surface area (Å²) in [6, 6.07) is 9.44. The van der Waals surface area contributed by atoms with Gasteiger partial charge in [0.15, 0.2) is 0 Å². The fourth-order valence-electron chi connectivity index (χ4n) is 0.415. The van der Waals surface area contributed by atoms with Crippen LogP contribution in [0.4, 0.5) is 0 Å². The summed E-state index contributed by atoms with van der Waals surface area (Å²) in [5.41, 5.74) is 0. The molecule has 0 aliphatic carbocycles. The Morgan fingerprint density at radius 1 is 1.09 bits per heavy atom. The van der Waals surface area contributed by atoms with Gasteiger partial charge in [0, 0.05) is 15.3 Å². The highest BCUT2D eigenvalue weighted by Crippen LogP contribution is 2.03. The summed E-state index contributed by atoms with van der Waals surface area (Å²) >= 11 is 15.7. The van der Waals surface area contributed by atoms with Crippen molar-refractivity contribution >= 4 is 45.0 Å². The van der Waals surface area contributed by atoms with Crippen LogP contribution in [0.3, 0.4) is 0 Å². The van der Waals surface area contributed by atoms with Crippen molar-refractivity contribution in [1.82, 2.24) is 0 Å². The summed E-state index contributed by atoms with van der Waals surface area (Å²) < 4.78 is -0.0833. The van der Waals surface area contributed by atoms with Crippen LogP contribution in [0.15, 0.2) is 30.3 Å². The molecule has 62 valence electrons. The predicted molar refractivity (Wildman–Crippen MR) is 56.9 cm³/mol. The third kappa shape index (κ3) is 10.3. The first-order valence-electron chi connectivity index (χ1n) is 3.11. The molecule has 4 heteroatoms. The van der Waals surface area contributed by atoms with E-state index in [0.29, 0.717) is 0 Å². The molecule has 1 aromatic carbocycles. The van der Waals surface area contributed by atoms with Crippen molar-refractivity contribution in [1.29, 1.82) is 0 Å². The van der Waals surface area contributed by atoms with Gasteiger partial charge in [-0.1, -0.05) is 29.8 Å². The molecule has 0 atom stereocenters. The maximum Gasteiger partial charge on any atom is 0.0873 e. The highest BCUT2D eigenvalue weighted by molar-refractivity contribution is 6.60. The van der Waals surface area contributed by atoms with Gasteiger partial charge in [-0.15, -0.1) is 23.2 Å². The monoisotopic (exact) mass is 226 g/mol. The van der Waals surface area contributed by atoms with Crippen molar-refractivity contribution in [2.45, 2.75) is 4.46 Å². The smallest absolute Gasteiger partial charge is 0.0873 e. The number of benzene rings is 1. The van der Waals surface area contributed by atoms with Crippen LogP contribution in [0.1, 0.15) is 0 Å². The van der Waals surface area contributed by atoms with E-state index in [-0.39, 0.29) is 4.46 Å². The van der Waals surface area contributed by atoms with Gasteiger partial charge in [-0.05, 0) is 12.1 Å². The van der Waals surface area contributed by atoms with Crippen molar-refractivity contribution < 1.29 is 0 Å². The zero-order valence-electron chi connectivity index (χ0n) is 6.10. The van der Waals surface area contributed by atoms with Crippen molar-refractivity contribution in [2.24, 2.45) is 0 Å². The number of hydrogen-bond acceptors (Lipinski definition) is 0. The molecule has 0 aliphatic rings. The van der Waals surface area contributed by atoms with Crippen molar-refractivity contribution in [3.8, 4) is 0 Å². The first-order valence-corrected chi connectivity index (χ1v) is 5.52. The molecule has 0 saturated heterocycles. The molecule has 0 saturated carbocycles. The van der Waals surface area contributed by atoms with E-state index >= 15 is 0 Å². The van der Waals surface area contributed by atoms with Crippen LogP contribution in [0.25, 0.3) is 0 Å². The summed E-state index contributed by atoms with van der Waals surface area (Å²) in [4.78, 5) is 0. The average molecular weight is 228 g/mol. The summed E-state index contributed by atoms with van der Waals surface area (Å²) in [7, 11) is 0.880. The lowest BCUT2D eigenvalue weighted by Crippen LogP contribution is -1.75. The summed E-state index contributed by atoms with van der Waals surface area (Å²) in [6.07, 6.45) is 0. The zero-order valence-corrected chi connectivity index (χ0v) is 10.4. The van der Waals surface area contributed by atoms with Gasteiger partial charge in [0.05, 0.1) is 4.46 Å². The second kappa shape index (κ2) is 6.98. The molecular formula is C7H9Cl3Si. The largest absolute Gasteiger partial charge is 0.111 e. The quantitative estimate of drug-likeness (QED) is 0.472. The minimum absolute atomic E-state index is 0.0833. The van der Waals surface area contributed by atoms with Crippen LogP contribution in [-0.2, 0) is 0 Å². The van der Waals surface area contributed by atoms with Crippen LogP contribution in [0.5, 0.6) is 0 Å². The highest BCUT2D eigenvalue weighted by atomic mass is 35.5. The van der Waals surface area contributed by atoms with Crippen LogP contribution in [0.2, 0.25) is 5.02 Å². The van der Waals surface area contributed by atoms with Gasteiger partial charge in [-0.3, -0.25) is 0 Å². The Balaban J connectivity index is 0.000000218. The molecule has 0 spiro atoms. The number of alkyl halides is 2. The minimum atomic E-state index is -0.0833. The van der Waals surface area contributed by atoms with Gasteiger partial charge >= 0.3 is 0 Å². The number of hydrogen-bond donors (Lipinski definition) is 0. The van der Waals surface area contributed by atoms with Crippen LogP contribution in [0, 0.1) is 0 Å². The maximum absolute atomic E-state index is 5.54. The Bertz CT molecular complexity index is 174. The van der Waals surface area contributed by atoms with E-state index in [2.05, 4.69) is 0 Å². The van der Waals surface area contributed by atoms with Crippen LogP contribution >= 0.6 is 34.8 Å². The van der Waals surface area contributed by atoms with Gasteiger partial charge < -0.3 is 0 Å². The number of halogens is 3. The Labute approximate surface area is 84.9 Å². The standard InChI is InChI=1S/C6H5Cl.CH4Cl2Si/c7-6-4-2-1-3-5-6;2-1(3)4/h1-5H;1H,4H3. The lowest BCUT2D eigenvalue weighted by Gasteiger charge is -1.80. The molecule has 0 fully saturated rings. The summed E-state index contributed by atoms with van der Waals surface area (Å²) in [6.45, 7) is 0.